The summed E-state index contributed by atoms with van der Waals surface area (Å²) < 4.78 is 18.8. The predicted octanol–water partition coefficient (Wildman–Crippen LogP) is 2.29. The molecule has 0 aliphatic carbocycles. The van der Waals surface area contributed by atoms with Gasteiger partial charge in [-0.2, -0.15) is 4.98 Å². The molecule has 20 heavy (non-hydrogen) atoms. The zero-order valence-corrected chi connectivity index (χ0v) is 11.1. The SMILES string of the molecule is CCOc1ncnc(N2CCc3ccc(F)cc32)c1N. The van der Waals surface area contributed by atoms with Gasteiger partial charge in [-0.15, -0.1) is 0 Å². The standard InChI is InChI=1S/C14H15FN4O/c1-2-20-14-12(16)13(17-8-18-14)19-6-5-9-3-4-10(15)7-11(9)19/h3-4,7-8H,2,5-6,16H2,1H3. The van der Waals surface area contributed by atoms with E-state index in [4.69, 9.17) is 10.5 Å². The third kappa shape index (κ3) is 2.03. The second-order valence-electron chi connectivity index (χ2n) is 4.52. The first-order valence-electron chi connectivity index (χ1n) is 6.50. The Hall–Kier alpha value is -2.37. The lowest BCUT2D eigenvalue weighted by Crippen LogP contribution is -2.17. The van der Waals surface area contributed by atoms with Crippen LogP contribution in [0.25, 0.3) is 0 Å². The van der Waals surface area contributed by atoms with E-state index >= 15 is 0 Å². The van der Waals surface area contributed by atoms with Gasteiger partial charge in [-0.1, -0.05) is 6.07 Å². The number of benzene rings is 1. The van der Waals surface area contributed by atoms with Gasteiger partial charge in [0.25, 0.3) is 0 Å². The fourth-order valence-corrected chi connectivity index (χ4v) is 2.41. The van der Waals surface area contributed by atoms with E-state index < -0.39 is 0 Å². The lowest BCUT2D eigenvalue weighted by atomic mass is 10.2. The summed E-state index contributed by atoms with van der Waals surface area (Å²) in [5, 5.41) is 0. The van der Waals surface area contributed by atoms with E-state index in [0.29, 0.717) is 30.5 Å². The summed E-state index contributed by atoms with van der Waals surface area (Å²) in [5.74, 6) is 0.656. The molecule has 1 aromatic carbocycles. The van der Waals surface area contributed by atoms with Crippen molar-refractivity contribution in [3.05, 3.63) is 35.9 Å². The molecule has 6 heteroatoms. The molecule has 0 amide bonds. The van der Waals surface area contributed by atoms with Crippen molar-refractivity contribution in [3.8, 4) is 5.88 Å². The molecule has 0 radical (unpaired) electrons. The summed E-state index contributed by atoms with van der Waals surface area (Å²) in [5.41, 5.74) is 8.33. The van der Waals surface area contributed by atoms with Crippen LogP contribution in [-0.4, -0.2) is 23.1 Å². The van der Waals surface area contributed by atoms with Crippen LogP contribution in [0.15, 0.2) is 24.5 Å². The number of rotatable bonds is 3. The van der Waals surface area contributed by atoms with Gasteiger partial charge < -0.3 is 15.4 Å². The topological polar surface area (TPSA) is 64.3 Å². The van der Waals surface area contributed by atoms with E-state index in [0.717, 1.165) is 17.7 Å². The van der Waals surface area contributed by atoms with Crippen LogP contribution in [0.4, 0.5) is 21.6 Å². The van der Waals surface area contributed by atoms with Crippen molar-refractivity contribution >= 4 is 17.2 Å². The Morgan fingerprint density at radius 2 is 2.25 bits per heavy atom. The van der Waals surface area contributed by atoms with Gasteiger partial charge >= 0.3 is 0 Å². The van der Waals surface area contributed by atoms with E-state index in [1.807, 2.05) is 11.8 Å². The molecule has 1 aromatic heterocycles. The van der Waals surface area contributed by atoms with Crippen LogP contribution in [0.1, 0.15) is 12.5 Å². The first-order valence-corrected chi connectivity index (χ1v) is 6.50. The Labute approximate surface area is 116 Å². The maximum Gasteiger partial charge on any atom is 0.242 e. The molecule has 1 aliphatic heterocycles. The summed E-state index contributed by atoms with van der Waals surface area (Å²) in [6.45, 7) is 3.05. The Kier molecular flexibility index (Phi) is 3.14. The lowest BCUT2D eigenvalue weighted by Gasteiger charge is -2.20. The van der Waals surface area contributed by atoms with Crippen molar-refractivity contribution in [3.63, 3.8) is 0 Å². The van der Waals surface area contributed by atoms with Gasteiger partial charge in [-0.3, -0.25) is 0 Å². The van der Waals surface area contributed by atoms with Crippen LogP contribution in [0.2, 0.25) is 0 Å². The summed E-state index contributed by atoms with van der Waals surface area (Å²) in [6, 6.07) is 4.77. The number of hydrogen-bond donors (Lipinski definition) is 1. The number of hydrogen-bond acceptors (Lipinski definition) is 5. The van der Waals surface area contributed by atoms with E-state index in [2.05, 4.69) is 9.97 Å². The van der Waals surface area contributed by atoms with Gasteiger partial charge in [0, 0.05) is 12.2 Å². The van der Waals surface area contributed by atoms with E-state index in [-0.39, 0.29) is 5.82 Å². The van der Waals surface area contributed by atoms with E-state index in [1.165, 1.54) is 18.5 Å². The maximum atomic E-state index is 13.4. The van der Waals surface area contributed by atoms with E-state index in [1.54, 1.807) is 6.07 Å². The van der Waals surface area contributed by atoms with Crippen LogP contribution in [0.5, 0.6) is 5.88 Å². The highest BCUT2D eigenvalue weighted by atomic mass is 19.1. The molecule has 0 atom stereocenters. The van der Waals surface area contributed by atoms with Crippen molar-refractivity contribution in [2.45, 2.75) is 13.3 Å². The Morgan fingerprint density at radius 1 is 1.40 bits per heavy atom. The number of halogens is 1. The highest BCUT2D eigenvalue weighted by molar-refractivity contribution is 5.77. The van der Waals surface area contributed by atoms with Crippen LogP contribution < -0.4 is 15.4 Å². The van der Waals surface area contributed by atoms with Crippen LogP contribution in [0.3, 0.4) is 0 Å². The third-order valence-corrected chi connectivity index (χ3v) is 3.31. The highest BCUT2D eigenvalue weighted by Gasteiger charge is 2.25. The van der Waals surface area contributed by atoms with Gasteiger partial charge in [0.05, 0.1) is 6.61 Å². The first kappa shape index (κ1) is 12.7. The minimum Gasteiger partial charge on any atom is -0.476 e. The predicted molar refractivity (Wildman–Crippen MR) is 74.7 cm³/mol. The quantitative estimate of drug-likeness (QED) is 0.930. The number of fused-ring (bicyclic) bond motifs is 1. The number of nitrogens with two attached hydrogens (primary N) is 1. The molecule has 0 unspecified atom stereocenters. The molecule has 0 saturated heterocycles. The molecule has 2 N–H and O–H groups in total. The van der Waals surface area contributed by atoms with Crippen molar-refractivity contribution in [2.75, 3.05) is 23.8 Å². The minimum atomic E-state index is -0.270. The normalized spacial score (nSPS) is 13.4. The summed E-state index contributed by atoms with van der Waals surface area (Å²) >= 11 is 0. The van der Waals surface area contributed by atoms with Gasteiger partial charge in [0.1, 0.15) is 17.8 Å². The Balaban J connectivity index is 2.04. The first-order chi connectivity index (χ1) is 9.70. The second-order valence-corrected chi connectivity index (χ2v) is 4.52. The molecule has 3 rings (SSSR count). The molecule has 2 aromatic rings. The monoisotopic (exact) mass is 274 g/mol. The van der Waals surface area contributed by atoms with Crippen molar-refractivity contribution in [2.24, 2.45) is 0 Å². The van der Waals surface area contributed by atoms with Gasteiger partial charge in [-0.25, -0.2) is 9.37 Å². The van der Waals surface area contributed by atoms with Crippen LogP contribution >= 0.6 is 0 Å². The van der Waals surface area contributed by atoms with Crippen molar-refractivity contribution in [1.82, 2.24) is 9.97 Å². The molecule has 0 saturated carbocycles. The minimum absolute atomic E-state index is 0.270. The van der Waals surface area contributed by atoms with Crippen LogP contribution in [-0.2, 0) is 6.42 Å². The highest BCUT2D eigenvalue weighted by Crippen LogP contribution is 2.38. The fraction of sp³-hybridized carbons (Fsp3) is 0.286. The lowest BCUT2D eigenvalue weighted by molar-refractivity contribution is 0.328. The van der Waals surface area contributed by atoms with Gasteiger partial charge in [0.2, 0.25) is 5.88 Å². The molecule has 1 aliphatic rings. The molecule has 0 bridgehead atoms. The van der Waals surface area contributed by atoms with Crippen LogP contribution in [0, 0.1) is 5.82 Å². The maximum absolute atomic E-state index is 13.4. The average molecular weight is 274 g/mol. The number of ether oxygens (including phenoxy) is 1. The molecule has 5 nitrogen and oxygen atoms in total. The number of anilines is 3. The summed E-state index contributed by atoms with van der Waals surface area (Å²) in [4.78, 5) is 10.1. The summed E-state index contributed by atoms with van der Waals surface area (Å²) in [6.07, 6.45) is 2.25. The zero-order chi connectivity index (χ0) is 14.1. The Bertz CT molecular complexity index is 647. The third-order valence-electron chi connectivity index (χ3n) is 3.31. The summed E-state index contributed by atoms with van der Waals surface area (Å²) in [7, 11) is 0. The van der Waals surface area contributed by atoms with Crippen molar-refractivity contribution in [1.29, 1.82) is 0 Å². The average Bonchev–Trinajstić information content (AvgIpc) is 2.84. The van der Waals surface area contributed by atoms with E-state index in [9.17, 15) is 4.39 Å². The Morgan fingerprint density at radius 3 is 3.05 bits per heavy atom. The molecular formula is C14H15FN4O. The number of nitrogens with zero attached hydrogens (tertiary/aromatic N) is 3. The molecular weight excluding hydrogens is 259 g/mol. The zero-order valence-electron chi connectivity index (χ0n) is 11.1. The van der Waals surface area contributed by atoms with Gasteiger partial charge in [0.15, 0.2) is 5.82 Å². The number of nitrogen functional groups attached to an aromatic ring is 1. The second kappa shape index (κ2) is 4.96. The van der Waals surface area contributed by atoms with Crippen molar-refractivity contribution < 1.29 is 9.13 Å². The number of aromatic nitrogens is 2. The molecule has 0 fully saturated rings. The van der Waals surface area contributed by atoms with Gasteiger partial charge in [-0.05, 0) is 31.0 Å². The molecule has 2 heterocycles. The molecule has 104 valence electrons. The molecule has 0 spiro atoms. The smallest absolute Gasteiger partial charge is 0.242 e. The fourth-order valence-electron chi connectivity index (χ4n) is 2.41. The largest absolute Gasteiger partial charge is 0.476 e.